The zero-order valence-electron chi connectivity index (χ0n) is 18.1. The van der Waals surface area contributed by atoms with Crippen LogP contribution in [0.4, 0.5) is 0 Å². The van der Waals surface area contributed by atoms with Gasteiger partial charge in [-0.2, -0.15) is 0 Å². The summed E-state index contributed by atoms with van der Waals surface area (Å²) in [6.07, 6.45) is 6.98. The Morgan fingerprint density at radius 2 is 1.97 bits per heavy atom. The summed E-state index contributed by atoms with van der Waals surface area (Å²) < 4.78 is 7.40. The first-order valence-electron chi connectivity index (χ1n) is 10.8. The molecule has 0 bridgehead atoms. The molecule has 1 aromatic carbocycles. The minimum absolute atomic E-state index is 0.101. The van der Waals surface area contributed by atoms with E-state index in [1.54, 1.807) is 7.11 Å². The van der Waals surface area contributed by atoms with Gasteiger partial charge < -0.3 is 14.2 Å². The van der Waals surface area contributed by atoms with E-state index < -0.39 is 0 Å². The summed E-state index contributed by atoms with van der Waals surface area (Å²) in [7, 11) is 1.71. The second-order valence-corrected chi connectivity index (χ2v) is 7.98. The largest absolute Gasteiger partial charge is 0.385 e. The zero-order valence-corrected chi connectivity index (χ0v) is 18.8. The van der Waals surface area contributed by atoms with Crippen LogP contribution < -0.4 is 0 Å². The fourth-order valence-electron chi connectivity index (χ4n) is 3.63. The molecule has 1 aromatic heterocycles. The van der Waals surface area contributed by atoms with E-state index in [9.17, 15) is 4.79 Å². The van der Waals surface area contributed by atoms with Crippen molar-refractivity contribution in [2.45, 2.75) is 59.0 Å². The van der Waals surface area contributed by atoms with Crippen molar-refractivity contribution in [1.82, 2.24) is 9.47 Å². The molecule has 2 aromatic rings. The molecule has 0 unspecified atom stereocenters. The number of ether oxygens (including phenoxy) is 1. The summed E-state index contributed by atoms with van der Waals surface area (Å²) in [5.41, 5.74) is 2.21. The van der Waals surface area contributed by atoms with E-state index in [-0.39, 0.29) is 11.8 Å². The molecule has 0 fully saturated rings. The number of halogens is 1. The van der Waals surface area contributed by atoms with E-state index in [2.05, 4.69) is 30.7 Å². The number of unbranched alkanes of at least 4 members (excludes halogenated alkanes) is 1. The predicted octanol–water partition coefficient (Wildman–Crippen LogP) is 5.77. The predicted molar refractivity (Wildman–Crippen MR) is 120 cm³/mol. The van der Waals surface area contributed by atoms with Gasteiger partial charge in [-0.1, -0.05) is 56.5 Å². The van der Waals surface area contributed by atoms with Gasteiger partial charge in [-0.05, 0) is 43.0 Å². The third-order valence-electron chi connectivity index (χ3n) is 5.41. The van der Waals surface area contributed by atoms with Crippen LogP contribution in [0.25, 0.3) is 0 Å². The molecule has 5 heteroatoms. The van der Waals surface area contributed by atoms with Gasteiger partial charge in [0.25, 0.3) is 0 Å². The highest BCUT2D eigenvalue weighted by Crippen LogP contribution is 2.21. The molecular formula is C24H35ClN2O2. The number of benzene rings is 1. The summed E-state index contributed by atoms with van der Waals surface area (Å²) in [6.45, 7) is 6.99. The van der Waals surface area contributed by atoms with Crippen LogP contribution in [0.2, 0.25) is 5.02 Å². The molecule has 160 valence electrons. The molecule has 1 heterocycles. The Morgan fingerprint density at radius 1 is 1.17 bits per heavy atom. The van der Waals surface area contributed by atoms with Crippen LogP contribution in [0.5, 0.6) is 0 Å². The first-order chi connectivity index (χ1) is 14.1. The number of nitrogens with zero attached hydrogens (tertiary/aromatic N) is 2. The van der Waals surface area contributed by atoms with E-state index in [1.165, 1.54) is 0 Å². The van der Waals surface area contributed by atoms with Crippen molar-refractivity contribution in [2.75, 3.05) is 20.3 Å². The summed E-state index contributed by atoms with van der Waals surface area (Å²) >= 11 is 6.35. The van der Waals surface area contributed by atoms with Gasteiger partial charge in [-0.3, -0.25) is 4.79 Å². The van der Waals surface area contributed by atoms with Gasteiger partial charge in [-0.15, -0.1) is 0 Å². The van der Waals surface area contributed by atoms with Gasteiger partial charge in [0.1, 0.15) is 0 Å². The highest BCUT2D eigenvalue weighted by molar-refractivity contribution is 6.31. The van der Waals surface area contributed by atoms with Gasteiger partial charge in [0.05, 0.1) is 6.54 Å². The number of methoxy groups -OCH3 is 1. The summed E-state index contributed by atoms with van der Waals surface area (Å²) in [5, 5.41) is 0.769. The number of rotatable bonds is 13. The highest BCUT2D eigenvalue weighted by Gasteiger charge is 2.23. The Bertz CT molecular complexity index is 744. The number of carbonyl (C=O) groups is 1. The first kappa shape index (κ1) is 23.5. The molecule has 1 amide bonds. The van der Waals surface area contributed by atoms with Crippen LogP contribution in [0, 0.1) is 5.92 Å². The Morgan fingerprint density at radius 3 is 2.66 bits per heavy atom. The Labute approximate surface area is 180 Å². The molecule has 0 aliphatic heterocycles. The van der Waals surface area contributed by atoms with Crippen LogP contribution in [0.1, 0.15) is 57.2 Å². The van der Waals surface area contributed by atoms with E-state index in [4.69, 9.17) is 16.3 Å². The third-order valence-corrected chi connectivity index (χ3v) is 5.78. The fraction of sp³-hybridized carbons (Fsp3) is 0.542. The Kier molecular flexibility index (Phi) is 10.3. The number of amides is 1. The lowest BCUT2D eigenvalue weighted by molar-refractivity contribution is -0.136. The lowest BCUT2D eigenvalue weighted by Gasteiger charge is -2.28. The second kappa shape index (κ2) is 12.7. The van der Waals surface area contributed by atoms with Crippen LogP contribution in [0.3, 0.4) is 0 Å². The number of hydrogen-bond acceptors (Lipinski definition) is 2. The van der Waals surface area contributed by atoms with E-state index in [0.717, 1.165) is 48.4 Å². The van der Waals surface area contributed by atoms with Gasteiger partial charge >= 0.3 is 0 Å². The van der Waals surface area contributed by atoms with Crippen molar-refractivity contribution in [3.05, 3.63) is 58.9 Å². The molecule has 0 saturated heterocycles. The molecular weight excluding hydrogens is 384 g/mol. The Hall–Kier alpha value is -1.78. The average molecular weight is 419 g/mol. The smallest absolute Gasteiger partial charge is 0.226 e. The zero-order chi connectivity index (χ0) is 21.1. The number of carbonyl (C=O) groups excluding carboxylic acids is 1. The topological polar surface area (TPSA) is 34.5 Å². The third kappa shape index (κ3) is 7.20. The maximum absolute atomic E-state index is 13.3. The molecule has 4 nitrogen and oxygen atoms in total. The van der Waals surface area contributed by atoms with Crippen LogP contribution in [-0.4, -0.2) is 35.6 Å². The summed E-state index contributed by atoms with van der Waals surface area (Å²) in [4.78, 5) is 15.3. The van der Waals surface area contributed by atoms with Gasteiger partial charge in [0, 0.05) is 49.6 Å². The van der Waals surface area contributed by atoms with Crippen molar-refractivity contribution in [3.8, 4) is 0 Å². The minimum Gasteiger partial charge on any atom is -0.385 e. The highest BCUT2D eigenvalue weighted by atomic mass is 35.5. The van der Waals surface area contributed by atoms with Crippen molar-refractivity contribution >= 4 is 17.5 Å². The van der Waals surface area contributed by atoms with Crippen molar-refractivity contribution in [1.29, 1.82) is 0 Å². The molecule has 0 spiro atoms. The van der Waals surface area contributed by atoms with Crippen molar-refractivity contribution in [2.24, 2.45) is 5.92 Å². The summed E-state index contributed by atoms with van der Waals surface area (Å²) in [6, 6.07) is 12.1. The van der Waals surface area contributed by atoms with Crippen molar-refractivity contribution < 1.29 is 9.53 Å². The maximum Gasteiger partial charge on any atom is 0.226 e. The van der Waals surface area contributed by atoms with Crippen LogP contribution in [-0.2, 0) is 22.6 Å². The maximum atomic E-state index is 13.3. The standard InChI is InChI=1S/C24H35ClN2O2/c1-4-6-11-20(5-2)24(28)27(16-10-17-29-3)19-22-13-9-15-26(22)18-21-12-7-8-14-23(21)25/h7-9,12-15,20H,4-6,10-11,16-19H2,1-3H3/t20-/m1/s1. The second-order valence-electron chi connectivity index (χ2n) is 7.57. The minimum atomic E-state index is 0.101. The number of aromatic nitrogens is 1. The molecule has 2 rings (SSSR count). The molecule has 0 saturated carbocycles. The SMILES string of the molecule is CCCC[C@@H](CC)C(=O)N(CCCOC)Cc1cccn1Cc1ccccc1Cl. The van der Waals surface area contributed by atoms with Gasteiger partial charge in [0.15, 0.2) is 0 Å². The van der Waals surface area contributed by atoms with E-state index in [0.29, 0.717) is 26.2 Å². The van der Waals surface area contributed by atoms with Gasteiger partial charge in [0.2, 0.25) is 5.91 Å². The summed E-state index contributed by atoms with van der Waals surface area (Å²) in [5.74, 6) is 0.368. The lowest BCUT2D eigenvalue weighted by atomic mass is 9.97. The lowest BCUT2D eigenvalue weighted by Crippen LogP contribution is -2.37. The quantitative estimate of drug-likeness (QED) is 0.387. The normalized spacial score (nSPS) is 12.1. The van der Waals surface area contributed by atoms with Crippen molar-refractivity contribution in [3.63, 3.8) is 0 Å². The van der Waals surface area contributed by atoms with E-state index >= 15 is 0 Å². The average Bonchev–Trinajstić information content (AvgIpc) is 3.16. The van der Waals surface area contributed by atoms with E-state index in [1.807, 2.05) is 35.2 Å². The number of hydrogen-bond donors (Lipinski definition) is 0. The molecule has 0 radical (unpaired) electrons. The van der Waals surface area contributed by atoms with Crippen LogP contribution in [0.15, 0.2) is 42.6 Å². The van der Waals surface area contributed by atoms with Crippen LogP contribution >= 0.6 is 11.6 Å². The molecule has 29 heavy (non-hydrogen) atoms. The molecule has 0 N–H and O–H groups in total. The molecule has 0 aliphatic carbocycles. The van der Waals surface area contributed by atoms with Gasteiger partial charge in [-0.25, -0.2) is 0 Å². The first-order valence-corrected chi connectivity index (χ1v) is 11.1. The molecule has 1 atom stereocenters. The fourth-order valence-corrected chi connectivity index (χ4v) is 3.83. The molecule has 0 aliphatic rings. The monoisotopic (exact) mass is 418 g/mol. The Balaban J connectivity index is 2.15.